The van der Waals surface area contributed by atoms with Crippen molar-refractivity contribution < 1.29 is 9.52 Å². The molecule has 2 rings (SSSR count). The van der Waals surface area contributed by atoms with E-state index in [9.17, 15) is 5.11 Å². The van der Waals surface area contributed by atoms with Gasteiger partial charge in [0.15, 0.2) is 0 Å². The SMILES string of the molecule is CCCNCc1nnc(N2CCC(C)C(O)C2)o1. The molecule has 0 aliphatic carbocycles. The lowest BCUT2D eigenvalue weighted by molar-refractivity contribution is 0.101. The van der Waals surface area contributed by atoms with E-state index < -0.39 is 0 Å². The van der Waals surface area contributed by atoms with Crippen LogP contribution in [0, 0.1) is 5.92 Å². The van der Waals surface area contributed by atoms with Crippen LogP contribution in [0.15, 0.2) is 4.42 Å². The third kappa shape index (κ3) is 3.20. The van der Waals surface area contributed by atoms with Gasteiger partial charge in [-0.25, -0.2) is 0 Å². The zero-order valence-electron chi connectivity index (χ0n) is 11.1. The monoisotopic (exact) mass is 254 g/mol. The number of hydrogen-bond acceptors (Lipinski definition) is 6. The fraction of sp³-hybridized carbons (Fsp3) is 0.833. The van der Waals surface area contributed by atoms with E-state index >= 15 is 0 Å². The summed E-state index contributed by atoms with van der Waals surface area (Å²) in [5.41, 5.74) is 0. The molecule has 1 aliphatic heterocycles. The second kappa shape index (κ2) is 6.15. The zero-order chi connectivity index (χ0) is 13.0. The van der Waals surface area contributed by atoms with Crippen LogP contribution in [0.5, 0.6) is 0 Å². The maximum Gasteiger partial charge on any atom is 0.318 e. The highest BCUT2D eigenvalue weighted by molar-refractivity contribution is 5.25. The molecule has 0 aromatic carbocycles. The van der Waals surface area contributed by atoms with Gasteiger partial charge in [0.05, 0.1) is 12.6 Å². The summed E-state index contributed by atoms with van der Waals surface area (Å²) in [5.74, 6) is 0.946. The van der Waals surface area contributed by atoms with Crippen LogP contribution in [-0.4, -0.2) is 41.0 Å². The first-order valence-corrected chi connectivity index (χ1v) is 6.66. The Kier molecular flexibility index (Phi) is 4.54. The molecule has 102 valence electrons. The van der Waals surface area contributed by atoms with Gasteiger partial charge >= 0.3 is 6.01 Å². The van der Waals surface area contributed by atoms with Gasteiger partial charge in [-0.1, -0.05) is 18.9 Å². The largest absolute Gasteiger partial charge is 0.407 e. The number of aromatic nitrogens is 2. The average Bonchev–Trinajstić information content (AvgIpc) is 2.82. The molecule has 0 spiro atoms. The van der Waals surface area contributed by atoms with Crippen molar-refractivity contribution in [3.63, 3.8) is 0 Å². The predicted octanol–water partition coefficient (Wildman–Crippen LogP) is 0.776. The molecule has 1 fully saturated rings. The average molecular weight is 254 g/mol. The fourth-order valence-electron chi connectivity index (χ4n) is 2.04. The van der Waals surface area contributed by atoms with Crippen molar-refractivity contribution in [1.82, 2.24) is 15.5 Å². The summed E-state index contributed by atoms with van der Waals surface area (Å²) in [6.45, 7) is 7.16. The summed E-state index contributed by atoms with van der Waals surface area (Å²) in [6, 6.07) is 0.522. The fourth-order valence-corrected chi connectivity index (χ4v) is 2.04. The van der Waals surface area contributed by atoms with Crippen LogP contribution in [0.4, 0.5) is 6.01 Å². The first kappa shape index (κ1) is 13.3. The predicted molar refractivity (Wildman–Crippen MR) is 68.3 cm³/mol. The zero-order valence-corrected chi connectivity index (χ0v) is 11.1. The van der Waals surface area contributed by atoms with Crippen molar-refractivity contribution in [1.29, 1.82) is 0 Å². The minimum atomic E-state index is -0.313. The highest BCUT2D eigenvalue weighted by Gasteiger charge is 2.27. The van der Waals surface area contributed by atoms with Gasteiger partial charge in [0.2, 0.25) is 5.89 Å². The van der Waals surface area contributed by atoms with E-state index in [1.54, 1.807) is 0 Å². The molecule has 0 amide bonds. The third-order valence-corrected chi connectivity index (χ3v) is 3.35. The summed E-state index contributed by atoms with van der Waals surface area (Å²) < 4.78 is 5.58. The minimum absolute atomic E-state index is 0.313. The highest BCUT2D eigenvalue weighted by Crippen LogP contribution is 2.22. The maximum absolute atomic E-state index is 9.85. The molecular formula is C12H22N4O2. The quantitative estimate of drug-likeness (QED) is 0.756. The van der Waals surface area contributed by atoms with E-state index in [1.165, 1.54) is 0 Å². The number of aliphatic hydroxyl groups is 1. The number of nitrogens with one attached hydrogen (secondary N) is 1. The van der Waals surface area contributed by atoms with Crippen LogP contribution < -0.4 is 10.2 Å². The molecule has 1 aliphatic rings. The van der Waals surface area contributed by atoms with Crippen LogP contribution in [0.2, 0.25) is 0 Å². The first-order chi connectivity index (χ1) is 8.70. The summed E-state index contributed by atoms with van der Waals surface area (Å²) >= 11 is 0. The van der Waals surface area contributed by atoms with E-state index in [0.717, 1.165) is 25.9 Å². The molecule has 18 heavy (non-hydrogen) atoms. The Bertz CT molecular complexity index is 369. The molecule has 6 nitrogen and oxygen atoms in total. The van der Waals surface area contributed by atoms with Crippen LogP contribution in [0.1, 0.15) is 32.6 Å². The number of aliphatic hydroxyl groups excluding tert-OH is 1. The number of hydrogen-bond donors (Lipinski definition) is 2. The van der Waals surface area contributed by atoms with Gasteiger partial charge < -0.3 is 19.7 Å². The molecule has 2 unspecified atom stereocenters. The van der Waals surface area contributed by atoms with E-state index in [0.29, 0.717) is 30.9 Å². The standard InChI is InChI=1S/C12H22N4O2/c1-3-5-13-7-11-14-15-12(18-11)16-6-4-9(2)10(17)8-16/h9-10,13,17H,3-8H2,1-2H3. The summed E-state index contributed by atoms with van der Waals surface area (Å²) in [4.78, 5) is 1.96. The molecule has 2 heterocycles. The number of piperidine rings is 1. The summed E-state index contributed by atoms with van der Waals surface area (Å²) in [5, 5.41) is 21.1. The number of β-amino-alcohol motifs (C(OH)–C–C–N with tert-alkyl or cyclic N) is 1. The summed E-state index contributed by atoms with van der Waals surface area (Å²) in [7, 11) is 0. The van der Waals surface area contributed by atoms with Gasteiger partial charge in [-0.05, 0) is 25.3 Å². The Balaban J connectivity index is 1.89. The van der Waals surface area contributed by atoms with E-state index in [-0.39, 0.29) is 6.10 Å². The molecule has 0 bridgehead atoms. The number of nitrogens with zero attached hydrogens (tertiary/aromatic N) is 3. The molecule has 2 atom stereocenters. The summed E-state index contributed by atoms with van der Waals surface area (Å²) in [6.07, 6.45) is 1.72. The molecule has 1 aromatic rings. The lowest BCUT2D eigenvalue weighted by Gasteiger charge is -2.32. The molecule has 1 aromatic heterocycles. The van der Waals surface area contributed by atoms with Crippen molar-refractivity contribution in [2.45, 2.75) is 39.3 Å². The van der Waals surface area contributed by atoms with E-state index in [4.69, 9.17) is 4.42 Å². The van der Waals surface area contributed by atoms with Crippen molar-refractivity contribution in [2.24, 2.45) is 5.92 Å². The second-order valence-electron chi connectivity index (χ2n) is 4.93. The lowest BCUT2D eigenvalue weighted by Crippen LogP contribution is -2.43. The third-order valence-electron chi connectivity index (χ3n) is 3.35. The molecule has 0 saturated carbocycles. The molecular weight excluding hydrogens is 232 g/mol. The van der Waals surface area contributed by atoms with Crippen LogP contribution >= 0.6 is 0 Å². The highest BCUT2D eigenvalue weighted by atomic mass is 16.4. The second-order valence-corrected chi connectivity index (χ2v) is 4.93. The lowest BCUT2D eigenvalue weighted by atomic mass is 9.96. The van der Waals surface area contributed by atoms with Crippen molar-refractivity contribution in [2.75, 3.05) is 24.5 Å². The van der Waals surface area contributed by atoms with Crippen LogP contribution in [0.25, 0.3) is 0 Å². The Morgan fingerprint density at radius 3 is 3.06 bits per heavy atom. The molecule has 0 radical (unpaired) electrons. The van der Waals surface area contributed by atoms with Crippen molar-refractivity contribution in [3.05, 3.63) is 5.89 Å². The van der Waals surface area contributed by atoms with Gasteiger partial charge in [-0.2, -0.15) is 0 Å². The van der Waals surface area contributed by atoms with Gasteiger partial charge in [-0.3, -0.25) is 0 Å². The maximum atomic E-state index is 9.85. The van der Waals surface area contributed by atoms with Crippen molar-refractivity contribution in [3.8, 4) is 0 Å². The van der Waals surface area contributed by atoms with Gasteiger partial charge in [-0.15, -0.1) is 5.10 Å². The minimum Gasteiger partial charge on any atom is -0.407 e. The van der Waals surface area contributed by atoms with E-state index in [2.05, 4.69) is 29.4 Å². The molecule has 6 heteroatoms. The normalized spacial score (nSPS) is 24.5. The molecule has 1 saturated heterocycles. The Morgan fingerprint density at radius 1 is 1.50 bits per heavy atom. The van der Waals surface area contributed by atoms with Crippen molar-refractivity contribution >= 4 is 6.01 Å². The smallest absolute Gasteiger partial charge is 0.318 e. The molecule has 2 N–H and O–H groups in total. The first-order valence-electron chi connectivity index (χ1n) is 6.66. The Morgan fingerprint density at radius 2 is 2.33 bits per heavy atom. The van der Waals surface area contributed by atoms with Crippen LogP contribution in [-0.2, 0) is 6.54 Å². The van der Waals surface area contributed by atoms with Gasteiger partial charge in [0.1, 0.15) is 0 Å². The Labute approximate surface area is 107 Å². The Hall–Kier alpha value is -1.14. The topological polar surface area (TPSA) is 74.4 Å². The van der Waals surface area contributed by atoms with Crippen LogP contribution in [0.3, 0.4) is 0 Å². The number of rotatable bonds is 5. The van der Waals surface area contributed by atoms with E-state index in [1.807, 2.05) is 4.90 Å². The number of anilines is 1. The van der Waals surface area contributed by atoms with Gasteiger partial charge in [0, 0.05) is 13.1 Å². The van der Waals surface area contributed by atoms with Gasteiger partial charge in [0.25, 0.3) is 0 Å².